The SMILES string of the molecule is CCCn1ccnc1C(=O)CCC1CCCCO1. The first-order valence-electron chi connectivity index (χ1n) is 6.97. The van der Waals surface area contributed by atoms with Gasteiger partial charge in [0.25, 0.3) is 0 Å². The summed E-state index contributed by atoms with van der Waals surface area (Å²) in [6.07, 6.45) is 9.74. The summed E-state index contributed by atoms with van der Waals surface area (Å²) in [5.41, 5.74) is 0. The molecule has 0 aromatic carbocycles. The first-order chi connectivity index (χ1) is 8.81. The summed E-state index contributed by atoms with van der Waals surface area (Å²) in [5, 5.41) is 0. The van der Waals surface area contributed by atoms with Gasteiger partial charge in [-0.2, -0.15) is 0 Å². The van der Waals surface area contributed by atoms with Crippen molar-refractivity contribution in [3.8, 4) is 0 Å². The minimum absolute atomic E-state index is 0.141. The average molecular weight is 250 g/mol. The zero-order valence-electron chi connectivity index (χ0n) is 11.1. The van der Waals surface area contributed by atoms with Crippen molar-refractivity contribution < 1.29 is 9.53 Å². The molecule has 1 fully saturated rings. The second-order valence-electron chi connectivity index (χ2n) is 4.89. The minimum Gasteiger partial charge on any atom is -0.378 e. The molecule has 2 rings (SSSR count). The lowest BCUT2D eigenvalue weighted by Gasteiger charge is -2.22. The molecule has 18 heavy (non-hydrogen) atoms. The summed E-state index contributed by atoms with van der Waals surface area (Å²) in [7, 11) is 0. The van der Waals surface area contributed by atoms with Gasteiger partial charge >= 0.3 is 0 Å². The highest BCUT2D eigenvalue weighted by molar-refractivity contribution is 5.92. The molecule has 0 amide bonds. The fourth-order valence-corrected chi connectivity index (χ4v) is 2.42. The Labute approximate surface area is 108 Å². The number of carbonyl (C=O) groups excluding carboxylic acids is 1. The highest BCUT2D eigenvalue weighted by atomic mass is 16.5. The highest BCUT2D eigenvalue weighted by Gasteiger charge is 2.18. The monoisotopic (exact) mass is 250 g/mol. The van der Waals surface area contributed by atoms with Gasteiger partial charge in [-0.25, -0.2) is 4.98 Å². The molecule has 4 nitrogen and oxygen atoms in total. The van der Waals surface area contributed by atoms with Gasteiger partial charge < -0.3 is 9.30 Å². The van der Waals surface area contributed by atoms with Gasteiger partial charge in [-0.3, -0.25) is 4.79 Å². The number of ketones is 1. The quantitative estimate of drug-likeness (QED) is 0.729. The standard InChI is InChI=1S/C14H22N2O2/c1-2-9-16-10-8-15-14(16)13(17)7-6-12-5-3-4-11-18-12/h8,10,12H,2-7,9,11H2,1H3. The molecule has 4 heteroatoms. The Morgan fingerprint density at radius 1 is 1.56 bits per heavy atom. The molecule has 0 aliphatic carbocycles. The second kappa shape index (κ2) is 6.69. The van der Waals surface area contributed by atoms with E-state index in [4.69, 9.17) is 4.74 Å². The molecule has 0 N–H and O–H groups in total. The Bertz CT molecular complexity index is 381. The van der Waals surface area contributed by atoms with Crippen molar-refractivity contribution in [1.29, 1.82) is 0 Å². The number of aryl methyl sites for hydroxylation is 1. The van der Waals surface area contributed by atoms with Crippen LogP contribution >= 0.6 is 0 Å². The number of ether oxygens (including phenoxy) is 1. The first-order valence-corrected chi connectivity index (χ1v) is 6.97. The van der Waals surface area contributed by atoms with Crippen LogP contribution in [0.2, 0.25) is 0 Å². The lowest BCUT2D eigenvalue weighted by molar-refractivity contribution is 0.0104. The smallest absolute Gasteiger partial charge is 0.198 e. The van der Waals surface area contributed by atoms with Gasteiger partial charge in [0.15, 0.2) is 11.6 Å². The van der Waals surface area contributed by atoms with Gasteiger partial charge in [0.1, 0.15) is 0 Å². The van der Waals surface area contributed by atoms with Crippen LogP contribution in [0.25, 0.3) is 0 Å². The second-order valence-corrected chi connectivity index (χ2v) is 4.89. The van der Waals surface area contributed by atoms with E-state index in [1.165, 1.54) is 6.42 Å². The molecule has 1 aromatic rings. The molecule has 1 aliphatic rings. The van der Waals surface area contributed by atoms with Crippen LogP contribution in [0.4, 0.5) is 0 Å². The Kier molecular flexibility index (Phi) is 4.93. The number of aromatic nitrogens is 2. The predicted octanol–water partition coefficient (Wildman–Crippen LogP) is 2.83. The lowest BCUT2D eigenvalue weighted by Crippen LogP contribution is -2.20. The summed E-state index contributed by atoms with van der Waals surface area (Å²) < 4.78 is 7.59. The highest BCUT2D eigenvalue weighted by Crippen LogP contribution is 2.18. The fourth-order valence-electron chi connectivity index (χ4n) is 2.42. The molecular formula is C14H22N2O2. The molecule has 1 saturated heterocycles. The van der Waals surface area contributed by atoms with Crippen LogP contribution in [-0.4, -0.2) is 28.0 Å². The van der Waals surface area contributed by atoms with Gasteiger partial charge in [0.2, 0.25) is 0 Å². The summed E-state index contributed by atoms with van der Waals surface area (Å²) >= 11 is 0. The maximum atomic E-state index is 12.1. The molecule has 1 aromatic heterocycles. The molecule has 100 valence electrons. The van der Waals surface area contributed by atoms with E-state index in [1.807, 2.05) is 10.8 Å². The average Bonchev–Trinajstić information content (AvgIpc) is 2.86. The van der Waals surface area contributed by atoms with Crippen LogP contribution < -0.4 is 0 Å². The van der Waals surface area contributed by atoms with Crippen LogP contribution in [0.1, 0.15) is 56.1 Å². The van der Waals surface area contributed by atoms with E-state index >= 15 is 0 Å². The van der Waals surface area contributed by atoms with Gasteiger partial charge in [-0.15, -0.1) is 0 Å². The molecular weight excluding hydrogens is 228 g/mol. The van der Waals surface area contributed by atoms with Crippen molar-refractivity contribution in [2.24, 2.45) is 0 Å². The Morgan fingerprint density at radius 2 is 2.44 bits per heavy atom. The summed E-state index contributed by atoms with van der Waals surface area (Å²) in [4.78, 5) is 16.3. The van der Waals surface area contributed by atoms with Crippen LogP contribution in [0.15, 0.2) is 12.4 Å². The Morgan fingerprint density at radius 3 is 3.17 bits per heavy atom. The van der Waals surface area contributed by atoms with Crippen molar-refractivity contribution >= 4 is 5.78 Å². The van der Waals surface area contributed by atoms with Crippen LogP contribution in [0.5, 0.6) is 0 Å². The number of rotatable bonds is 6. The number of imidazole rings is 1. The Balaban J connectivity index is 1.84. The maximum absolute atomic E-state index is 12.1. The van der Waals surface area contributed by atoms with E-state index in [9.17, 15) is 4.79 Å². The largest absolute Gasteiger partial charge is 0.378 e. The molecule has 0 saturated carbocycles. The molecule has 1 atom stereocenters. The number of hydrogen-bond donors (Lipinski definition) is 0. The normalized spacial score (nSPS) is 19.9. The molecule has 1 unspecified atom stereocenters. The van der Waals surface area contributed by atoms with Gasteiger partial charge in [0.05, 0.1) is 6.10 Å². The molecule has 0 bridgehead atoms. The van der Waals surface area contributed by atoms with E-state index in [0.717, 1.165) is 38.8 Å². The molecule has 0 spiro atoms. The zero-order valence-corrected chi connectivity index (χ0v) is 11.1. The predicted molar refractivity (Wildman–Crippen MR) is 69.7 cm³/mol. The molecule has 1 aliphatic heterocycles. The zero-order chi connectivity index (χ0) is 12.8. The topological polar surface area (TPSA) is 44.1 Å². The van der Waals surface area contributed by atoms with Crippen molar-refractivity contribution in [1.82, 2.24) is 9.55 Å². The third-order valence-corrected chi connectivity index (χ3v) is 3.40. The van der Waals surface area contributed by atoms with Crippen LogP contribution in [0, 0.1) is 0 Å². The number of Topliss-reactive ketones (excluding diaryl/α,β-unsaturated/α-hetero) is 1. The third kappa shape index (κ3) is 3.42. The fraction of sp³-hybridized carbons (Fsp3) is 0.714. The van der Waals surface area contributed by atoms with Crippen molar-refractivity contribution in [3.05, 3.63) is 18.2 Å². The van der Waals surface area contributed by atoms with E-state index < -0.39 is 0 Å². The maximum Gasteiger partial charge on any atom is 0.198 e. The van der Waals surface area contributed by atoms with Crippen LogP contribution in [-0.2, 0) is 11.3 Å². The van der Waals surface area contributed by atoms with Gasteiger partial charge in [-0.05, 0) is 32.1 Å². The summed E-state index contributed by atoms with van der Waals surface area (Å²) in [6.45, 7) is 3.81. The summed E-state index contributed by atoms with van der Waals surface area (Å²) in [5.74, 6) is 0.746. The third-order valence-electron chi connectivity index (χ3n) is 3.40. The lowest BCUT2D eigenvalue weighted by atomic mass is 10.0. The van der Waals surface area contributed by atoms with E-state index in [2.05, 4.69) is 11.9 Å². The van der Waals surface area contributed by atoms with Gasteiger partial charge in [0, 0.05) is 32.0 Å². The van der Waals surface area contributed by atoms with E-state index in [0.29, 0.717) is 12.2 Å². The van der Waals surface area contributed by atoms with Gasteiger partial charge in [-0.1, -0.05) is 6.92 Å². The molecule has 2 heterocycles. The summed E-state index contributed by atoms with van der Waals surface area (Å²) in [6, 6.07) is 0. The van der Waals surface area contributed by atoms with E-state index in [1.54, 1.807) is 6.20 Å². The number of hydrogen-bond acceptors (Lipinski definition) is 3. The van der Waals surface area contributed by atoms with Crippen molar-refractivity contribution in [2.75, 3.05) is 6.61 Å². The number of nitrogens with zero attached hydrogens (tertiary/aromatic N) is 2. The van der Waals surface area contributed by atoms with Crippen molar-refractivity contribution in [2.45, 2.75) is 58.1 Å². The number of carbonyl (C=O) groups is 1. The molecule has 0 radical (unpaired) electrons. The van der Waals surface area contributed by atoms with E-state index in [-0.39, 0.29) is 11.9 Å². The van der Waals surface area contributed by atoms with Crippen molar-refractivity contribution in [3.63, 3.8) is 0 Å². The van der Waals surface area contributed by atoms with Crippen LogP contribution in [0.3, 0.4) is 0 Å². The minimum atomic E-state index is 0.141. The first kappa shape index (κ1) is 13.3. The Hall–Kier alpha value is -1.16.